The Morgan fingerprint density at radius 3 is 2.18 bits per heavy atom. The van der Waals surface area contributed by atoms with Crippen molar-refractivity contribution in [3.05, 3.63) is 11.6 Å². The zero-order valence-corrected chi connectivity index (χ0v) is 6.18. The van der Waals surface area contributed by atoms with Gasteiger partial charge in [0.2, 0.25) is 0 Å². The molecule has 0 unspecified atom stereocenters. The number of aliphatic hydroxyl groups excluding tert-OH is 4. The van der Waals surface area contributed by atoms with Gasteiger partial charge in [0.1, 0.15) is 24.4 Å². The summed E-state index contributed by atoms with van der Waals surface area (Å²) >= 11 is 0. The molecule has 11 heavy (non-hydrogen) atoms. The molecule has 0 aromatic heterocycles. The van der Waals surface area contributed by atoms with Crippen molar-refractivity contribution in [3.63, 3.8) is 0 Å². The minimum Gasteiger partial charge on any atom is -0.387 e. The molecule has 4 heteroatoms. The lowest BCUT2D eigenvalue weighted by atomic mass is 9.91. The van der Waals surface area contributed by atoms with E-state index in [-0.39, 0.29) is 0 Å². The summed E-state index contributed by atoms with van der Waals surface area (Å²) < 4.78 is 0. The van der Waals surface area contributed by atoms with Crippen LogP contribution >= 0.6 is 0 Å². The van der Waals surface area contributed by atoms with Crippen molar-refractivity contribution in [2.75, 3.05) is 0 Å². The van der Waals surface area contributed by atoms with Gasteiger partial charge < -0.3 is 20.4 Å². The molecule has 4 atom stereocenters. The van der Waals surface area contributed by atoms with Crippen LogP contribution in [-0.2, 0) is 0 Å². The number of aliphatic hydroxyl groups is 4. The Labute approximate surface area is 64.4 Å². The molecule has 1 aliphatic carbocycles. The smallest absolute Gasteiger partial charge is 0.112 e. The average Bonchev–Trinajstić information content (AvgIpc) is 1.97. The van der Waals surface area contributed by atoms with E-state index < -0.39 is 24.4 Å². The van der Waals surface area contributed by atoms with Crippen molar-refractivity contribution in [2.45, 2.75) is 31.3 Å². The molecular weight excluding hydrogens is 148 g/mol. The van der Waals surface area contributed by atoms with E-state index in [4.69, 9.17) is 20.4 Å². The standard InChI is InChI=1S/C7H12O4/c1-3-2-4(8)6(10)7(11)5(3)9/h2,4-11H,1H3/t4-,5+,6+,7+/m0/s1. The van der Waals surface area contributed by atoms with Gasteiger partial charge in [0.25, 0.3) is 0 Å². The van der Waals surface area contributed by atoms with Gasteiger partial charge in [-0.1, -0.05) is 6.08 Å². The fourth-order valence-electron chi connectivity index (χ4n) is 1.12. The summed E-state index contributed by atoms with van der Waals surface area (Å²) in [5.74, 6) is 0. The highest BCUT2D eigenvalue weighted by Crippen LogP contribution is 2.19. The Morgan fingerprint density at radius 1 is 1.09 bits per heavy atom. The van der Waals surface area contributed by atoms with Crippen LogP contribution < -0.4 is 0 Å². The highest BCUT2D eigenvalue weighted by molar-refractivity contribution is 5.17. The van der Waals surface area contributed by atoms with E-state index >= 15 is 0 Å². The maximum absolute atomic E-state index is 9.14. The number of hydrogen-bond donors (Lipinski definition) is 4. The summed E-state index contributed by atoms with van der Waals surface area (Å²) in [5, 5.41) is 36.3. The van der Waals surface area contributed by atoms with Crippen molar-refractivity contribution < 1.29 is 20.4 Å². The molecule has 0 amide bonds. The molecule has 1 rings (SSSR count). The first-order valence-corrected chi connectivity index (χ1v) is 3.44. The lowest BCUT2D eigenvalue weighted by Crippen LogP contribution is -2.47. The van der Waals surface area contributed by atoms with Crippen LogP contribution in [0, 0.1) is 0 Å². The van der Waals surface area contributed by atoms with Gasteiger partial charge in [-0.05, 0) is 12.5 Å². The lowest BCUT2D eigenvalue weighted by molar-refractivity contribution is -0.0924. The van der Waals surface area contributed by atoms with E-state index in [2.05, 4.69) is 0 Å². The number of hydrogen-bond acceptors (Lipinski definition) is 4. The summed E-state index contributed by atoms with van der Waals surface area (Å²) in [6.07, 6.45) is -3.37. The molecule has 0 fully saturated rings. The lowest BCUT2D eigenvalue weighted by Gasteiger charge is -2.30. The van der Waals surface area contributed by atoms with Gasteiger partial charge in [0.15, 0.2) is 0 Å². The molecule has 0 bridgehead atoms. The van der Waals surface area contributed by atoms with Crippen molar-refractivity contribution >= 4 is 0 Å². The van der Waals surface area contributed by atoms with Crippen LogP contribution in [0.25, 0.3) is 0 Å². The van der Waals surface area contributed by atoms with Gasteiger partial charge in [-0.3, -0.25) is 0 Å². The first-order chi connectivity index (χ1) is 5.04. The molecule has 0 spiro atoms. The summed E-state index contributed by atoms with van der Waals surface area (Å²) in [7, 11) is 0. The first kappa shape index (κ1) is 8.67. The molecule has 4 N–H and O–H groups in total. The van der Waals surface area contributed by atoms with Gasteiger partial charge in [-0.25, -0.2) is 0 Å². The van der Waals surface area contributed by atoms with E-state index in [1.165, 1.54) is 6.08 Å². The molecule has 1 aliphatic rings. The Morgan fingerprint density at radius 2 is 1.64 bits per heavy atom. The van der Waals surface area contributed by atoms with Gasteiger partial charge in [-0.15, -0.1) is 0 Å². The first-order valence-electron chi connectivity index (χ1n) is 3.44. The summed E-state index contributed by atoms with van der Waals surface area (Å²) in [4.78, 5) is 0. The minimum atomic E-state index is -1.28. The van der Waals surface area contributed by atoms with E-state index in [9.17, 15) is 0 Å². The molecule has 0 aliphatic heterocycles. The van der Waals surface area contributed by atoms with Gasteiger partial charge in [0.05, 0.1) is 0 Å². The van der Waals surface area contributed by atoms with E-state index in [0.29, 0.717) is 5.57 Å². The van der Waals surface area contributed by atoms with Crippen LogP contribution in [0.2, 0.25) is 0 Å². The Kier molecular flexibility index (Phi) is 2.29. The Bertz CT molecular complexity index is 177. The molecule has 64 valence electrons. The van der Waals surface area contributed by atoms with Crippen molar-refractivity contribution in [1.82, 2.24) is 0 Å². The van der Waals surface area contributed by atoms with Crippen LogP contribution in [0.4, 0.5) is 0 Å². The van der Waals surface area contributed by atoms with Crippen molar-refractivity contribution in [1.29, 1.82) is 0 Å². The molecule has 0 radical (unpaired) electrons. The topological polar surface area (TPSA) is 80.9 Å². The Balaban J connectivity index is 2.83. The second kappa shape index (κ2) is 2.91. The summed E-state index contributed by atoms with van der Waals surface area (Å²) in [6.45, 7) is 1.59. The SMILES string of the molecule is CC1=C[C@H](O)[C@@H](O)[C@H](O)[C@@H]1O. The summed E-state index contributed by atoms with van der Waals surface area (Å²) in [6, 6.07) is 0. The predicted molar refractivity (Wildman–Crippen MR) is 37.8 cm³/mol. The molecular formula is C7H12O4. The number of rotatable bonds is 0. The van der Waals surface area contributed by atoms with Crippen LogP contribution in [-0.4, -0.2) is 44.8 Å². The van der Waals surface area contributed by atoms with E-state index in [1.54, 1.807) is 6.92 Å². The maximum Gasteiger partial charge on any atom is 0.112 e. The quantitative estimate of drug-likeness (QED) is 0.321. The van der Waals surface area contributed by atoms with Crippen LogP contribution in [0.15, 0.2) is 11.6 Å². The molecule has 0 aromatic rings. The fourth-order valence-corrected chi connectivity index (χ4v) is 1.12. The van der Waals surface area contributed by atoms with Crippen LogP contribution in [0.1, 0.15) is 6.92 Å². The molecule has 4 nitrogen and oxygen atoms in total. The van der Waals surface area contributed by atoms with Gasteiger partial charge >= 0.3 is 0 Å². The van der Waals surface area contributed by atoms with Gasteiger partial charge in [-0.2, -0.15) is 0 Å². The third-order valence-corrected chi connectivity index (χ3v) is 1.92. The van der Waals surface area contributed by atoms with Gasteiger partial charge in [0, 0.05) is 0 Å². The Hall–Kier alpha value is -0.420. The summed E-state index contributed by atoms with van der Waals surface area (Å²) in [5.41, 5.74) is 0.482. The normalized spacial score (nSPS) is 45.4. The highest BCUT2D eigenvalue weighted by Gasteiger charge is 2.34. The largest absolute Gasteiger partial charge is 0.387 e. The molecule has 0 saturated heterocycles. The van der Waals surface area contributed by atoms with Crippen LogP contribution in [0.5, 0.6) is 0 Å². The molecule has 0 heterocycles. The molecule has 0 aromatic carbocycles. The zero-order chi connectivity index (χ0) is 8.59. The predicted octanol–water partition coefficient (Wildman–Crippen LogP) is -1.61. The maximum atomic E-state index is 9.14. The monoisotopic (exact) mass is 160 g/mol. The third kappa shape index (κ3) is 1.44. The second-order valence-electron chi connectivity index (χ2n) is 2.83. The third-order valence-electron chi connectivity index (χ3n) is 1.92. The highest BCUT2D eigenvalue weighted by atomic mass is 16.4. The van der Waals surface area contributed by atoms with E-state index in [1.807, 2.05) is 0 Å². The molecule has 0 saturated carbocycles. The van der Waals surface area contributed by atoms with E-state index in [0.717, 1.165) is 0 Å². The van der Waals surface area contributed by atoms with Crippen LogP contribution in [0.3, 0.4) is 0 Å². The minimum absolute atomic E-state index is 0.482. The zero-order valence-electron chi connectivity index (χ0n) is 6.18. The van der Waals surface area contributed by atoms with Crippen molar-refractivity contribution in [2.24, 2.45) is 0 Å². The van der Waals surface area contributed by atoms with Crippen molar-refractivity contribution in [3.8, 4) is 0 Å². The average molecular weight is 160 g/mol. The second-order valence-corrected chi connectivity index (χ2v) is 2.83. The fraction of sp³-hybridized carbons (Fsp3) is 0.714.